The highest BCUT2D eigenvalue weighted by Crippen LogP contribution is 2.17. The number of hydrogen-bond acceptors (Lipinski definition) is 3. The lowest BCUT2D eigenvalue weighted by Crippen LogP contribution is -2.24. The van der Waals surface area contributed by atoms with Crippen LogP contribution in [0.1, 0.15) is 38.8 Å². The van der Waals surface area contributed by atoms with Crippen LogP contribution in [0.4, 0.5) is 10.1 Å². The van der Waals surface area contributed by atoms with E-state index in [2.05, 4.69) is 15.6 Å². The Hall–Kier alpha value is -3.54. The van der Waals surface area contributed by atoms with Crippen LogP contribution in [0.3, 0.4) is 0 Å². The molecule has 0 bridgehead atoms. The van der Waals surface area contributed by atoms with Gasteiger partial charge in [0.25, 0.3) is 11.8 Å². The van der Waals surface area contributed by atoms with E-state index in [0.717, 1.165) is 17.7 Å². The first-order valence-corrected chi connectivity index (χ1v) is 8.94. The monoisotopic (exact) mass is 377 g/mol. The maximum Gasteiger partial charge on any atom is 0.257 e. The molecule has 6 heteroatoms. The molecule has 142 valence electrons. The van der Waals surface area contributed by atoms with E-state index in [0.29, 0.717) is 5.56 Å². The number of amides is 2. The summed E-state index contributed by atoms with van der Waals surface area (Å²) in [5.41, 5.74) is 2.62. The van der Waals surface area contributed by atoms with Crippen molar-refractivity contribution in [2.75, 3.05) is 5.32 Å². The van der Waals surface area contributed by atoms with Crippen LogP contribution in [0.5, 0.6) is 0 Å². The van der Waals surface area contributed by atoms with E-state index in [1.54, 1.807) is 18.2 Å². The van der Waals surface area contributed by atoms with Crippen LogP contribution in [0.15, 0.2) is 67.0 Å². The van der Waals surface area contributed by atoms with Crippen molar-refractivity contribution in [3.8, 4) is 0 Å². The molecule has 0 aliphatic carbocycles. The number of rotatable bonds is 6. The molecule has 0 radical (unpaired) electrons. The highest BCUT2D eigenvalue weighted by atomic mass is 19.1. The summed E-state index contributed by atoms with van der Waals surface area (Å²) in [6.07, 6.45) is 3.55. The zero-order valence-corrected chi connectivity index (χ0v) is 15.4. The molecule has 0 aliphatic rings. The molecule has 3 rings (SSSR count). The molecule has 0 fully saturated rings. The van der Waals surface area contributed by atoms with Crippen LogP contribution in [0.25, 0.3) is 0 Å². The molecule has 28 heavy (non-hydrogen) atoms. The summed E-state index contributed by atoms with van der Waals surface area (Å²) in [5.74, 6) is -1.17. The van der Waals surface area contributed by atoms with Gasteiger partial charge >= 0.3 is 0 Å². The smallest absolute Gasteiger partial charge is 0.257 e. The van der Waals surface area contributed by atoms with E-state index in [4.69, 9.17) is 0 Å². The minimum absolute atomic E-state index is 0.0474. The van der Waals surface area contributed by atoms with E-state index in [1.807, 2.05) is 31.2 Å². The summed E-state index contributed by atoms with van der Waals surface area (Å²) in [6, 6.07) is 15.2. The number of halogens is 1. The number of nitrogens with zero attached hydrogens (tertiary/aromatic N) is 1. The number of nitrogens with one attached hydrogen (secondary N) is 2. The average molecular weight is 377 g/mol. The van der Waals surface area contributed by atoms with E-state index in [-0.39, 0.29) is 29.4 Å². The minimum Gasteiger partial charge on any atom is -0.348 e. The third-order valence-electron chi connectivity index (χ3n) is 4.31. The first-order chi connectivity index (χ1) is 13.6. The van der Waals surface area contributed by atoms with Gasteiger partial charge < -0.3 is 10.6 Å². The van der Waals surface area contributed by atoms with Crippen molar-refractivity contribution in [2.45, 2.75) is 19.9 Å². The Labute approximate surface area is 162 Å². The van der Waals surface area contributed by atoms with Crippen LogP contribution >= 0.6 is 0 Å². The van der Waals surface area contributed by atoms with E-state index in [9.17, 15) is 14.0 Å². The fourth-order valence-corrected chi connectivity index (χ4v) is 2.75. The van der Waals surface area contributed by atoms with Crippen LogP contribution in [-0.2, 0) is 13.0 Å². The SMILES string of the molecule is CCc1ccccc1NC(=O)c1cncc(C(=O)NCc2ccccc2F)c1. The topological polar surface area (TPSA) is 71.1 Å². The van der Waals surface area contributed by atoms with Crippen LogP contribution in [0.2, 0.25) is 0 Å². The van der Waals surface area contributed by atoms with Gasteiger partial charge in [0.05, 0.1) is 11.1 Å². The predicted molar refractivity (Wildman–Crippen MR) is 106 cm³/mol. The Morgan fingerprint density at radius 2 is 1.57 bits per heavy atom. The molecule has 2 N–H and O–H groups in total. The number of carbonyl (C=O) groups excluding carboxylic acids is 2. The Bertz CT molecular complexity index is 1000. The number of anilines is 1. The van der Waals surface area contributed by atoms with E-state index >= 15 is 0 Å². The fourth-order valence-electron chi connectivity index (χ4n) is 2.75. The third-order valence-corrected chi connectivity index (χ3v) is 4.31. The Balaban J connectivity index is 1.70. The number of pyridine rings is 1. The normalized spacial score (nSPS) is 10.4. The highest BCUT2D eigenvalue weighted by molar-refractivity contribution is 6.06. The van der Waals surface area contributed by atoms with Crippen molar-refractivity contribution in [1.29, 1.82) is 0 Å². The second-order valence-electron chi connectivity index (χ2n) is 6.20. The van der Waals surface area contributed by atoms with Crippen LogP contribution in [0, 0.1) is 5.82 Å². The van der Waals surface area contributed by atoms with Gasteiger partial charge in [-0.05, 0) is 30.2 Å². The number of hydrogen-bond donors (Lipinski definition) is 2. The summed E-state index contributed by atoms with van der Waals surface area (Å²) in [4.78, 5) is 28.9. The van der Waals surface area contributed by atoms with E-state index in [1.165, 1.54) is 24.5 Å². The predicted octanol–water partition coefficient (Wildman–Crippen LogP) is 3.97. The molecule has 0 spiro atoms. The van der Waals surface area contributed by atoms with Crippen molar-refractivity contribution in [3.63, 3.8) is 0 Å². The molecule has 2 amide bonds. The van der Waals surface area contributed by atoms with Crippen molar-refractivity contribution < 1.29 is 14.0 Å². The maximum atomic E-state index is 13.7. The molecule has 1 heterocycles. The zero-order chi connectivity index (χ0) is 19.9. The number of para-hydroxylation sites is 1. The summed E-state index contributed by atoms with van der Waals surface area (Å²) in [7, 11) is 0. The summed E-state index contributed by atoms with van der Waals surface area (Å²) in [5, 5.41) is 5.49. The molecule has 0 saturated heterocycles. The zero-order valence-electron chi connectivity index (χ0n) is 15.4. The summed E-state index contributed by atoms with van der Waals surface area (Å²) in [6.45, 7) is 2.05. The Kier molecular flexibility index (Phi) is 6.11. The van der Waals surface area contributed by atoms with Gasteiger partial charge in [-0.1, -0.05) is 43.3 Å². The van der Waals surface area contributed by atoms with Gasteiger partial charge in [0.2, 0.25) is 0 Å². The van der Waals surface area contributed by atoms with Gasteiger partial charge in [-0.15, -0.1) is 0 Å². The van der Waals surface area contributed by atoms with Gasteiger partial charge in [-0.25, -0.2) is 4.39 Å². The minimum atomic E-state index is -0.431. The van der Waals surface area contributed by atoms with Crippen LogP contribution in [-0.4, -0.2) is 16.8 Å². The molecule has 0 unspecified atom stereocenters. The second-order valence-corrected chi connectivity index (χ2v) is 6.20. The molecule has 3 aromatic rings. The molecular weight excluding hydrogens is 357 g/mol. The van der Waals surface area contributed by atoms with Gasteiger partial charge in [0.1, 0.15) is 5.82 Å². The number of benzene rings is 2. The van der Waals surface area contributed by atoms with Gasteiger partial charge in [0.15, 0.2) is 0 Å². The lowest BCUT2D eigenvalue weighted by Gasteiger charge is -2.10. The number of aromatic nitrogens is 1. The second kappa shape index (κ2) is 8.90. The van der Waals surface area contributed by atoms with Gasteiger partial charge in [-0.2, -0.15) is 0 Å². The lowest BCUT2D eigenvalue weighted by atomic mass is 10.1. The molecule has 5 nitrogen and oxygen atoms in total. The average Bonchev–Trinajstić information content (AvgIpc) is 2.73. The Morgan fingerprint density at radius 1 is 0.929 bits per heavy atom. The lowest BCUT2D eigenvalue weighted by molar-refractivity contribution is 0.0950. The number of carbonyl (C=O) groups is 2. The quantitative estimate of drug-likeness (QED) is 0.683. The first kappa shape index (κ1) is 19.2. The van der Waals surface area contributed by atoms with E-state index < -0.39 is 5.91 Å². The molecule has 1 aromatic heterocycles. The van der Waals surface area contributed by atoms with Crippen molar-refractivity contribution in [3.05, 3.63) is 95.1 Å². The van der Waals surface area contributed by atoms with Crippen molar-refractivity contribution >= 4 is 17.5 Å². The molecule has 0 atom stereocenters. The standard InChI is InChI=1S/C22H20FN3O2/c1-2-15-7-4-6-10-20(15)26-22(28)18-11-17(12-24-13-18)21(27)25-14-16-8-3-5-9-19(16)23/h3-13H,2,14H2,1H3,(H,25,27)(H,26,28). The third kappa shape index (κ3) is 4.59. The van der Waals surface area contributed by atoms with Crippen molar-refractivity contribution in [1.82, 2.24) is 10.3 Å². The van der Waals surface area contributed by atoms with Gasteiger partial charge in [-0.3, -0.25) is 14.6 Å². The maximum absolute atomic E-state index is 13.7. The van der Waals surface area contributed by atoms with Crippen molar-refractivity contribution in [2.24, 2.45) is 0 Å². The summed E-state index contributed by atoms with van der Waals surface area (Å²) < 4.78 is 13.7. The highest BCUT2D eigenvalue weighted by Gasteiger charge is 2.13. The first-order valence-electron chi connectivity index (χ1n) is 8.94. The fraction of sp³-hybridized carbons (Fsp3) is 0.136. The molecule has 0 aliphatic heterocycles. The molecular formula is C22H20FN3O2. The largest absolute Gasteiger partial charge is 0.348 e. The Morgan fingerprint density at radius 3 is 2.29 bits per heavy atom. The van der Waals surface area contributed by atoms with Crippen LogP contribution < -0.4 is 10.6 Å². The van der Waals surface area contributed by atoms with Gasteiger partial charge in [0, 0.05) is 30.2 Å². The summed E-state index contributed by atoms with van der Waals surface area (Å²) >= 11 is 0. The molecule has 0 saturated carbocycles. The molecule has 2 aromatic carbocycles. The number of aryl methyl sites for hydroxylation is 1.